The molecule has 1 aromatic carbocycles. The maximum atomic E-state index is 13.6. The molecule has 1 aliphatic rings. The topological polar surface area (TPSA) is 57.7 Å². The number of H-pyrrole nitrogens is 1. The van der Waals surface area contributed by atoms with E-state index in [0.717, 1.165) is 53.9 Å². The summed E-state index contributed by atoms with van der Waals surface area (Å²) in [6.07, 6.45) is 6.55. The number of nitrogens with zero attached hydrogens (tertiary/aromatic N) is 4. The van der Waals surface area contributed by atoms with Crippen molar-refractivity contribution in [1.29, 1.82) is 0 Å². The van der Waals surface area contributed by atoms with Gasteiger partial charge in [0, 0.05) is 49.1 Å². The first kappa shape index (κ1) is 16.1. The second-order valence-electron chi connectivity index (χ2n) is 6.84. The van der Waals surface area contributed by atoms with Crippen LogP contribution in [0.25, 0.3) is 22.4 Å². The van der Waals surface area contributed by atoms with Crippen molar-refractivity contribution < 1.29 is 4.39 Å². The fraction of sp³-hybridized carbons (Fsp3) is 0.190. The van der Waals surface area contributed by atoms with Gasteiger partial charge in [-0.05, 0) is 47.9 Å². The van der Waals surface area contributed by atoms with Gasteiger partial charge in [-0.3, -0.25) is 9.88 Å². The van der Waals surface area contributed by atoms with E-state index in [1.807, 2.05) is 30.6 Å². The fourth-order valence-electron chi connectivity index (χ4n) is 3.63. The normalized spacial score (nSPS) is 14.4. The molecule has 0 saturated heterocycles. The zero-order chi connectivity index (χ0) is 18.2. The Bertz CT molecular complexity index is 1110. The molecule has 4 heterocycles. The third-order valence-corrected chi connectivity index (χ3v) is 5.04. The Hall–Kier alpha value is -3.12. The van der Waals surface area contributed by atoms with E-state index in [1.165, 1.54) is 11.6 Å². The number of halogens is 1. The van der Waals surface area contributed by atoms with E-state index >= 15 is 0 Å². The van der Waals surface area contributed by atoms with Crippen molar-refractivity contribution >= 4 is 10.9 Å². The van der Waals surface area contributed by atoms with Gasteiger partial charge in [-0.1, -0.05) is 6.07 Å². The summed E-state index contributed by atoms with van der Waals surface area (Å²) in [6, 6.07) is 10.6. The van der Waals surface area contributed by atoms with E-state index in [-0.39, 0.29) is 5.82 Å². The van der Waals surface area contributed by atoms with Crippen molar-refractivity contribution in [2.24, 2.45) is 0 Å². The highest BCUT2D eigenvalue weighted by molar-refractivity contribution is 5.83. The molecule has 3 aromatic heterocycles. The first-order valence-corrected chi connectivity index (χ1v) is 9.00. The maximum absolute atomic E-state index is 13.6. The molecule has 5 rings (SSSR count). The van der Waals surface area contributed by atoms with Crippen LogP contribution < -0.4 is 0 Å². The second-order valence-corrected chi connectivity index (χ2v) is 6.84. The number of pyridine rings is 1. The molecule has 0 spiro atoms. The Labute approximate surface area is 155 Å². The SMILES string of the molecule is Fc1ccc2[nH]cc(CN3CCc4cnc(-c5ccccn5)nc4C3)c2c1. The maximum Gasteiger partial charge on any atom is 0.178 e. The first-order valence-electron chi connectivity index (χ1n) is 9.00. The van der Waals surface area contributed by atoms with E-state index in [0.29, 0.717) is 5.82 Å². The van der Waals surface area contributed by atoms with Gasteiger partial charge in [-0.15, -0.1) is 0 Å². The third kappa shape index (κ3) is 3.08. The lowest BCUT2D eigenvalue weighted by Crippen LogP contribution is -2.31. The highest BCUT2D eigenvalue weighted by atomic mass is 19.1. The quantitative estimate of drug-likeness (QED) is 0.606. The molecule has 134 valence electrons. The summed E-state index contributed by atoms with van der Waals surface area (Å²) in [7, 11) is 0. The van der Waals surface area contributed by atoms with Crippen LogP contribution in [0.4, 0.5) is 4.39 Å². The van der Waals surface area contributed by atoms with E-state index < -0.39 is 0 Å². The molecular weight excluding hydrogens is 341 g/mol. The molecule has 27 heavy (non-hydrogen) atoms. The van der Waals surface area contributed by atoms with Gasteiger partial charge in [0.1, 0.15) is 11.5 Å². The number of fused-ring (bicyclic) bond motifs is 2. The molecule has 0 unspecified atom stereocenters. The van der Waals surface area contributed by atoms with Crippen molar-refractivity contribution in [3.63, 3.8) is 0 Å². The fourth-order valence-corrected chi connectivity index (χ4v) is 3.63. The van der Waals surface area contributed by atoms with Crippen LogP contribution in [0.3, 0.4) is 0 Å². The summed E-state index contributed by atoms with van der Waals surface area (Å²) >= 11 is 0. The average molecular weight is 359 g/mol. The van der Waals surface area contributed by atoms with Crippen LogP contribution in [-0.2, 0) is 19.5 Å². The van der Waals surface area contributed by atoms with Crippen molar-refractivity contribution in [2.45, 2.75) is 19.5 Å². The van der Waals surface area contributed by atoms with Crippen LogP contribution in [0.1, 0.15) is 16.8 Å². The molecule has 0 fully saturated rings. The standard InChI is InChI=1S/C21H18FN5/c22-16-4-5-18-17(9-16)15(11-24-18)12-27-8-6-14-10-25-21(26-20(14)13-27)19-3-1-2-7-23-19/h1-5,7,9-11,24H,6,8,12-13H2. The summed E-state index contributed by atoms with van der Waals surface area (Å²) in [5, 5.41) is 0.942. The van der Waals surface area contributed by atoms with Crippen molar-refractivity contribution in [3.05, 3.63) is 77.6 Å². The van der Waals surface area contributed by atoms with Crippen LogP contribution >= 0.6 is 0 Å². The van der Waals surface area contributed by atoms with Crippen molar-refractivity contribution in [2.75, 3.05) is 6.54 Å². The Morgan fingerprint density at radius 3 is 3.00 bits per heavy atom. The molecule has 0 amide bonds. The van der Waals surface area contributed by atoms with Crippen LogP contribution in [0.15, 0.2) is 55.0 Å². The Morgan fingerprint density at radius 2 is 2.11 bits per heavy atom. The molecule has 1 aliphatic heterocycles. The summed E-state index contributed by atoms with van der Waals surface area (Å²) in [4.78, 5) is 19.1. The predicted octanol–water partition coefficient (Wildman–Crippen LogP) is 3.72. The summed E-state index contributed by atoms with van der Waals surface area (Å²) in [5.41, 5.74) is 5.08. The number of aromatic nitrogens is 4. The minimum atomic E-state index is -0.208. The van der Waals surface area contributed by atoms with Gasteiger partial charge in [-0.2, -0.15) is 0 Å². The van der Waals surface area contributed by atoms with Gasteiger partial charge in [-0.25, -0.2) is 14.4 Å². The molecule has 0 aliphatic carbocycles. The van der Waals surface area contributed by atoms with E-state index in [1.54, 1.807) is 18.3 Å². The van der Waals surface area contributed by atoms with Crippen LogP contribution in [0.5, 0.6) is 0 Å². The lowest BCUT2D eigenvalue weighted by molar-refractivity contribution is 0.242. The van der Waals surface area contributed by atoms with Gasteiger partial charge >= 0.3 is 0 Å². The van der Waals surface area contributed by atoms with Crippen molar-refractivity contribution in [1.82, 2.24) is 24.8 Å². The molecule has 0 bridgehead atoms. The third-order valence-electron chi connectivity index (χ3n) is 5.04. The lowest BCUT2D eigenvalue weighted by Gasteiger charge is -2.27. The van der Waals surface area contributed by atoms with Gasteiger partial charge in [0.2, 0.25) is 0 Å². The van der Waals surface area contributed by atoms with Gasteiger partial charge < -0.3 is 4.98 Å². The van der Waals surface area contributed by atoms with E-state index in [9.17, 15) is 4.39 Å². The van der Waals surface area contributed by atoms with Crippen LogP contribution in [0, 0.1) is 5.82 Å². The number of benzene rings is 1. The van der Waals surface area contributed by atoms with E-state index in [4.69, 9.17) is 4.98 Å². The van der Waals surface area contributed by atoms with Crippen LogP contribution in [0.2, 0.25) is 0 Å². The number of hydrogen-bond acceptors (Lipinski definition) is 4. The lowest BCUT2D eigenvalue weighted by atomic mass is 10.1. The largest absolute Gasteiger partial charge is 0.361 e. The van der Waals surface area contributed by atoms with Gasteiger partial charge in [0.25, 0.3) is 0 Å². The molecule has 4 aromatic rings. The number of rotatable bonds is 3. The smallest absolute Gasteiger partial charge is 0.178 e. The highest BCUT2D eigenvalue weighted by Crippen LogP contribution is 2.24. The second kappa shape index (κ2) is 6.55. The highest BCUT2D eigenvalue weighted by Gasteiger charge is 2.20. The minimum Gasteiger partial charge on any atom is -0.361 e. The molecule has 0 radical (unpaired) electrons. The minimum absolute atomic E-state index is 0.208. The Morgan fingerprint density at radius 1 is 1.15 bits per heavy atom. The molecule has 6 heteroatoms. The number of hydrogen-bond donors (Lipinski definition) is 1. The summed E-state index contributed by atoms with van der Waals surface area (Å²) in [5.74, 6) is 0.449. The molecule has 0 atom stereocenters. The van der Waals surface area contributed by atoms with Crippen molar-refractivity contribution in [3.8, 4) is 11.5 Å². The Kier molecular flexibility index (Phi) is 3.90. The Balaban J connectivity index is 1.41. The molecular formula is C21H18FN5. The van der Waals surface area contributed by atoms with Gasteiger partial charge in [0.15, 0.2) is 5.82 Å². The number of nitrogens with one attached hydrogen (secondary N) is 1. The van der Waals surface area contributed by atoms with Gasteiger partial charge in [0.05, 0.1) is 5.69 Å². The monoisotopic (exact) mass is 359 g/mol. The van der Waals surface area contributed by atoms with E-state index in [2.05, 4.69) is 19.9 Å². The first-order chi connectivity index (χ1) is 13.3. The zero-order valence-corrected chi connectivity index (χ0v) is 14.7. The molecule has 5 nitrogen and oxygen atoms in total. The molecule has 1 N–H and O–H groups in total. The average Bonchev–Trinajstić information content (AvgIpc) is 3.10. The predicted molar refractivity (Wildman–Crippen MR) is 101 cm³/mol. The summed E-state index contributed by atoms with van der Waals surface area (Å²) in [6.45, 7) is 2.44. The number of aromatic amines is 1. The van der Waals surface area contributed by atoms with Crippen LogP contribution in [-0.4, -0.2) is 31.4 Å². The zero-order valence-electron chi connectivity index (χ0n) is 14.7. The summed E-state index contributed by atoms with van der Waals surface area (Å²) < 4.78 is 13.6. The molecule has 0 saturated carbocycles.